The lowest BCUT2D eigenvalue weighted by Crippen LogP contribution is -2.49. The minimum Gasteiger partial charge on any atom is -0.379 e. The highest BCUT2D eigenvalue weighted by molar-refractivity contribution is 5.94. The van der Waals surface area contributed by atoms with Crippen molar-refractivity contribution >= 4 is 11.8 Å². The monoisotopic (exact) mass is 423 g/mol. The van der Waals surface area contributed by atoms with E-state index in [1.54, 1.807) is 7.05 Å². The number of hydrogen-bond acceptors (Lipinski definition) is 5. The molecule has 8 nitrogen and oxygen atoms in total. The van der Waals surface area contributed by atoms with Crippen molar-refractivity contribution < 1.29 is 14.3 Å². The smallest absolute Gasteiger partial charge is 0.271 e. The van der Waals surface area contributed by atoms with Crippen molar-refractivity contribution in [2.24, 2.45) is 0 Å². The van der Waals surface area contributed by atoms with Crippen LogP contribution < -0.4 is 5.32 Å². The third-order valence-corrected chi connectivity index (χ3v) is 6.74. The Kier molecular flexibility index (Phi) is 5.50. The number of nitrogens with zero attached hydrogens (tertiary/aromatic N) is 4. The summed E-state index contributed by atoms with van der Waals surface area (Å²) >= 11 is 0. The molecule has 5 rings (SSSR count). The van der Waals surface area contributed by atoms with Crippen LogP contribution in [0.5, 0.6) is 0 Å². The van der Waals surface area contributed by atoms with Crippen LogP contribution in [0.2, 0.25) is 0 Å². The fourth-order valence-corrected chi connectivity index (χ4v) is 5.21. The second-order valence-corrected chi connectivity index (χ2v) is 8.57. The van der Waals surface area contributed by atoms with Crippen LogP contribution in [0.4, 0.5) is 0 Å². The average molecular weight is 424 g/mol. The highest BCUT2D eigenvalue weighted by atomic mass is 16.5. The van der Waals surface area contributed by atoms with Crippen LogP contribution in [-0.2, 0) is 22.5 Å². The van der Waals surface area contributed by atoms with E-state index in [9.17, 15) is 9.59 Å². The molecule has 3 aliphatic rings. The van der Waals surface area contributed by atoms with Crippen molar-refractivity contribution in [1.29, 1.82) is 0 Å². The van der Waals surface area contributed by atoms with Gasteiger partial charge in [-0.05, 0) is 12.8 Å². The molecule has 0 unspecified atom stereocenters. The first-order chi connectivity index (χ1) is 15.2. The molecular formula is C23H29N5O3. The first-order valence-electron chi connectivity index (χ1n) is 11.1. The highest BCUT2D eigenvalue weighted by Gasteiger charge is 2.42. The minimum atomic E-state index is -0.171. The third kappa shape index (κ3) is 3.74. The summed E-state index contributed by atoms with van der Waals surface area (Å²) in [5.74, 6) is 0.827. The standard InChI is InChI=1S/C23H29N5O3/c1-24-23(30)21-19-13-17-7-8-18(28(17)20(29)15-26-9-11-31-12-10-26)14-27(19)22(25-21)16-5-3-2-4-6-16/h2-6,17-18H,7-15H2,1H3,(H,24,30)/t17-,18+/m0/s1. The van der Waals surface area contributed by atoms with Gasteiger partial charge in [-0.2, -0.15) is 0 Å². The predicted molar refractivity (Wildman–Crippen MR) is 116 cm³/mol. The van der Waals surface area contributed by atoms with E-state index in [0.717, 1.165) is 43.0 Å². The number of amides is 2. The second-order valence-electron chi connectivity index (χ2n) is 8.57. The zero-order chi connectivity index (χ0) is 21.4. The molecule has 164 valence electrons. The van der Waals surface area contributed by atoms with Gasteiger partial charge in [0.1, 0.15) is 11.5 Å². The van der Waals surface area contributed by atoms with Crippen LogP contribution >= 0.6 is 0 Å². The number of nitrogens with one attached hydrogen (secondary N) is 1. The van der Waals surface area contributed by atoms with E-state index in [1.165, 1.54) is 0 Å². The molecule has 1 aromatic heterocycles. The van der Waals surface area contributed by atoms with Gasteiger partial charge in [0.15, 0.2) is 0 Å². The maximum atomic E-state index is 13.3. The number of fused-ring (bicyclic) bond motifs is 3. The molecule has 2 atom stereocenters. The van der Waals surface area contributed by atoms with E-state index in [-0.39, 0.29) is 23.9 Å². The van der Waals surface area contributed by atoms with Crippen LogP contribution in [0, 0.1) is 0 Å². The fraction of sp³-hybridized carbons (Fsp3) is 0.522. The number of morpholine rings is 1. The number of benzene rings is 1. The lowest BCUT2D eigenvalue weighted by Gasteiger charge is -2.32. The minimum absolute atomic E-state index is 0.114. The molecule has 4 heterocycles. The number of aromatic nitrogens is 2. The van der Waals surface area contributed by atoms with Crippen LogP contribution in [0.15, 0.2) is 30.3 Å². The lowest BCUT2D eigenvalue weighted by atomic mass is 10.1. The summed E-state index contributed by atoms with van der Waals surface area (Å²) in [5, 5.41) is 2.73. The summed E-state index contributed by atoms with van der Waals surface area (Å²) in [7, 11) is 1.64. The molecule has 0 aliphatic carbocycles. The molecule has 2 fully saturated rings. The zero-order valence-corrected chi connectivity index (χ0v) is 17.9. The molecular weight excluding hydrogens is 394 g/mol. The Bertz CT molecular complexity index is 967. The van der Waals surface area contributed by atoms with Gasteiger partial charge in [0, 0.05) is 44.7 Å². The van der Waals surface area contributed by atoms with Gasteiger partial charge in [-0.1, -0.05) is 30.3 Å². The van der Waals surface area contributed by atoms with Crippen molar-refractivity contribution in [3.8, 4) is 11.4 Å². The molecule has 2 bridgehead atoms. The molecule has 31 heavy (non-hydrogen) atoms. The van der Waals surface area contributed by atoms with E-state index >= 15 is 0 Å². The first kappa shape index (κ1) is 20.2. The van der Waals surface area contributed by atoms with Crippen molar-refractivity contribution in [3.63, 3.8) is 0 Å². The van der Waals surface area contributed by atoms with Gasteiger partial charge in [-0.3, -0.25) is 14.5 Å². The Morgan fingerprint density at radius 3 is 2.61 bits per heavy atom. The normalized spacial score (nSPS) is 23.3. The molecule has 8 heteroatoms. The Morgan fingerprint density at radius 2 is 1.87 bits per heavy atom. The topological polar surface area (TPSA) is 79.7 Å². The van der Waals surface area contributed by atoms with Gasteiger partial charge >= 0.3 is 0 Å². The van der Waals surface area contributed by atoms with Crippen LogP contribution in [0.3, 0.4) is 0 Å². The largest absolute Gasteiger partial charge is 0.379 e. The SMILES string of the molecule is CNC(=O)c1nc(-c2ccccc2)n2c1C[C@@H]1CC[C@H](C2)N1C(=O)CN1CCOCC1. The average Bonchev–Trinajstić information content (AvgIpc) is 3.30. The van der Waals surface area contributed by atoms with E-state index in [4.69, 9.17) is 9.72 Å². The van der Waals surface area contributed by atoms with Gasteiger partial charge in [-0.25, -0.2) is 4.98 Å². The number of carbonyl (C=O) groups excluding carboxylic acids is 2. The van der Waals surface area contributed by atoms with Gasteiger partial charge in [0.25, 0.3) is 5.91 Å². The van der Waals surface area contributed by atoms with Crippen molar-refractivity contribution in [2.75, 3.05) is 39.9 Å². The van der Waals surface area contributed by atoms with Crippen molar-refractivity contribution in [1.82, 2.24) is 24.7 Å². The van der Waals surface area contributed by atoms with Crippen molar-refractivity contribution in [2.45, 2.75) is 37.9 Å². The fourth-order valence-electron chi connectivity index (χ4n) is 5.21. The zero-order valence-electron chi connectivity index (χ0n) is 17.9. The maximum absolute atomic E-state index is 13.3. The summed E-state index contributed by atoms with van der Waals surface area (Å²) < 4.78 is 7.60. The maximum Gasteiger partial charge on any atom is 0.271 e. The molecule has 1 N–H and O–H groups in total. The predicted octanol–water partition coefficient (Wildman–Crippen LogP) is 1.16. The van der Waals surface area contributed by atoms with Crippen molar-refractivity contribution in [3.05, 3.63) is 41.7 Å². The second kappa shape index (κ2) is 8.43. The highest BCUT2D eigenvalue weighted by Crippen LogP contribution is 2.35. The first-order valence-corrected chi connectivity index (χ1v) is 11.1. The van der Waals surface area contributed by atoms with Gasteiger partial charge in [0.05, 0.1) is 31.5 Å². The summed E-state index contributed by atoms with van der Waals surface area (Å²) in [6.07, 6.45) is 2.62. The number of ether oxygens (including phenoxy) is 1. The number of imidazole rings is 1. The Labute approximate surface area is 182 Å². The van der Waals surface area contributed by atoms with Gasteiger partial charge in [-0.15, -0.1) is 0 Å². The Morgan fingerprint density at radius 1 is 1.13 bits per heavy atom. The van der Waals surface area contributed by atoms with E-state index < -0.39 is 0 Å². The molecule has 0 radical (unpaired) electrons. The van der Waals surface area contributed by atoms with Gasteiger partial charge < -0.3 is 19.5 Å². The van der Waals surface area contributed by atoms with Crippen LogP contribution in [-0.4, -0.2) is 83.1 Å². The summed E-state index contributed by atoms with van der Waals surface area (Å²) in [6, 6.07) is 10.2. The van der Waals surface area contributed by atoms with Crippen LogP contribution in [0.1, 0.15) is 29.0 Å². The summed E-state index contributed by atoms with van der Waals surface area (Å²) in [5.41, 5.74) is 2.41. The molecule has 2 aromatic rings. The third-order valence-electron chi connectivity index (χ3n) is 6.74. The molecule has 1 aromatic carbocycles. The molecule has 0 spiro atoms. The summed E-state index contributed by atoms with van der Waals surface area (Å²) in [6.45, 7) is 4.10. The van der Waals surface area contributed by atoms with Gasteiger partial charge in [0.2, 0.25) is 5.91 Å². The van der Waals surface area contributed by atoms with E-state index in [2.05, 4.69) is 19.7 Å². The molecule has 2 amide bonds. The molecule has 0 saturated carbocycles. The van der Waals surface area contributed by atoms with E-state index in [1.807, 2.05) is 30.3 Å². The number of hydrogen-bond donors (Lipinski definition) is 1. The Balaban J connectivity index is 1.47. The molecule has 2 saturated heterocycles. The molecule has 3 aliphatic heterocycles. The summed E-state index contributed by atoms with van der Waals surface area (Å²) in [4.78, 5) is 35.0. The Hall–Kier alpha value is -2.71. The number of rotatable bonds is 4. The number of carbonyl (C=O) groups is 2. The lowest BCUT2D eigenvalue weighted by molar-refractivity contribution is -0.136. The quantitative estimate of drug-likeness (QED) is 0.798. The van der Waals surface area contributed by atoms with Crippen LogP contribution in [0.25, 0.3) is 11.4 Å². The van der Waals surface area contributed by atoms with E-state index in [0.29, 0.717) is 38.4 Å².